The maximum absolute atomic E-state index is 7.19. The predicted octanol–water partition coefficient (Wildman–Crippen LogP) is 19.8. The van der Waals surface area contributed by atoms with Crippen LogP contribution in [0.4, 0.5) is 17.1 Å². The smallest absolute Gasteiger partial charge is 0.144 e. The summed E-state index contributed by atoms with van der Waals surface area (Å²) in [7, 11) is 0. The Bertz CT molecular complexity index is 4750. The summed E-state index contributed by atoms with van der Waals surface area (Å²) in [5.74, 6) is 0.990. The van der Waals surface area contributed by atoms with E-state index in [1.54, 1.807) is 0 Å². The van der Waals surface area contributed by atoms with Gasteiger partial charge in [-0.3, -0.25) is 0 Å². The number of rotatable bonds is 5. The van der Waals surface area contributed by atoms with Crippen molar-refractivity contribution in [3.63, 3.8) is 0 Å². The molecule has 5 aliphatic rings. The third kappa shape index (κ3) is 5.83. The van der Waals surface area contributed by atoms with Crippen LogP contribution in [-0.4, -0.2) is 10.7 Å². The Balaban J connectivity index is 0.838. The molecule has 17 rings (SSSR count). The van der Waals surface area contributed by atoms with Crippen LogP contribution in [0.2, 0.25) is 0 Å². The number of anilines is 3. The van der Waals surface area contributed by atoms with Crippen molar-refractivity contribution in [3.05, 3.63) is 251 Å². The number of hydrogen-bond donors (Lipinski definition) is 0. The first-order valence-corrected chi connectivity index (χ1v) is 28.1. The molecule has 0 amide bonds. The quantitative estimate of drug-likeness (QED) is 0.172. The molecule has 1 aliphatic heterocycles. The number of benzene rings is 10. The number of hydrogen-bond acceptors (Lipinski definition) is 3. The second-order valence-corrected chi connectivity index (χ2v) is 24.2. The average Bonchev–Trinajstić information content (AvgIpc) is 3.16. The van der Waals surface area contributed by atoms with E-state index >= 15 is 0 Å². The minimum Gasteiger partial charge on any atom is -0.484 e. The average molecular weight is 1020 g/mol. The van der Waals surface area contributed by atoms with Gasteiger partial charge in [0.1, 0.15) is 23.0 Å². The van der Waals surface area contributed by atoms with Gasteiger partial charge in [-0.25, -0.2) is 0 Å². The third-order valence-electron chi connectivity index (χ3n) is 19.0. The fraction of sp³-hybridized carbons (Fsp3) is 0.147. The Morgan fingerprint density at radius 3 is 1.90 bits per heavy atom. The number of fused-ring (bicyclic) bond motifs is 22. The normalized spacial score (nSPS) is 17.0. The molecule has 0 saturated carbocycles. The highest BCUT2D eigenvalue weighted by Crippen LogP contribution is 2.65. The molecule has 0 bridgehead atoms. The summed E-state index contributed by atoms with van der Waals surface area (Å²) in [6.45, 7) is 14.6. The molecule has 0 N–H and O–H groups in total. The van der Waals surface area contributed by atoms with Crippen LogP contribution in [0.15, 0.2) is 217 Å². The zero-order chi connectivity index (χ0) is 52.8. The molecule has 0 spiro atoms. The van der Waals surface area contributed by atoms with Crippen LogP contribution in [0.25, 0.3) is 99.5 Å². The molecule has 12 aromatic rings. The van der Waals surface area contributed by atoms with E-state index in [0.29, 0.717) is 0 Å². The number of para-hydroxylation sites is 4. The van der Waals surface area contributed by atoms with E-state index in [4.69, 9.17) is 9.15 Å². The number of aromatic nitrogens is 1. The summed E-state index contributed by atoms with van der Waals surface area (Å²) < 4.78 is 16.6. The standard InChI is InChI=1S/C75H56N2O2/c1-73(2)57-40-46(34-36-50(57)64-59(73)42-54(71-66(64)52-27-15-19-31-62(52)78-71)43-33-38-61-55(39-43)48-25-14-18-30-60(48)77(61)45-23-11-8-12-24-45)76(44-21-9-7-10-22-44)47-35-37-51-58(41-47)75(5,6)69-65(51)67-53-28-16-20-32-63(53)79-72(67)68-49-26-13-17-29-56(49)74(3,4)70(68)69/h7-30,32-42,62H,31H2,1-6H3. The number of furan rings is 1. The first-order valence-electron chi connectivity index (χ1n) is 28.1. The fourth-order valence-electron chi connectivity index (χ4n) is 15.4. The van der Waals surface area contributed by atoms with Gasteiger partial charge in [0.25, 0.3) is 0 Å². The molecule has 378 valence electrons. The molecule has 0 radical (unpaired) electrons. The molecular formula is C75H56N2O2. The maximum Gasteiger partial charge on any atom is 0.144 e. The van der Waals surface area contributed by atoms with Gasteiger partial charge < -0.3 is 18.6 Å². The second kappa shape index (κ2) is 15.5. The maximum atomic E-state index is 7.19. The van der Waals surface area contributed by atoms with E-state index in [0.717, 1.165) is 51.6 Å². The highest BCUT2D eigenvalue weighted by molar-refractivity contribution is 6.21. The molecule has 1 unspecified atom stereocenters. The number of allylic oxidation sites excluding steroid dienone is 2. The molecular weight excluding hydrogens is 961 g/mol. The topological polar surface area (TPSA) is 30.5 Å². The minimum absolute atomic E-state index is 0.0324. The summed E-state index contributed by atoms with van der Waals surface area (Å²) in [5.41, 5.74) is 28.6. The zero-order valence-corrected chi connectivity index (χ0v) is 45.2. The van der Waals surface area contributed by atoms with Crippen molar-refractivity contribution in [1.29, 1.82) is 0 Å². The largest absolute Gasteiger partial charge is 0.484 e. The molecule has 2 aromatic heterocycles. The molecule has 79 heavy (non-hydrogen) atoms. The van der Waals surface area contributed by atoms with Gasteiger partial charge in [0.05, 0.1) is 11.0 Å². The van der Waals surface area contributed by atoms with Gasteiger partial charge in [0, 0.05) is 89.2 Å². The molecule has 4 heteroatoms. The number of nitrogens with zero attached hydrogens (tertiary/aromatic N) is 2. The van der Waals surface area contributed by atoms with Gasteiger partial charge in [-0.2, -0.15) is 0 Å². The van der Waals surface area contributed by atoms with Crippen LogP contribution in [-0.2, 0) is 16.2 Å². The van der Waals surface area contributed by atoms with Crippen molar-refractivity contribution in [2.75, 3.05) is 4.90 Å². The Hall–Kier alpha value is -9.12. The van der Waals surface area contributed by atoms with Crippen molar-refractivity contribution < 1.29 is 9.15 Å². The van der Waals surface area contributed by atoms with Crippen LogP contribution < -0.4 is 9.64 Å². The summed E-state index contributed by atoms with van der Waals surface area (Å²) in [6, 6.07) is 72.2. The van der Waals surface area contributed by atoms with Gasteiger partial charge in [-0.15, -0.1) is 0 Å². The Morgan fingerprint density at radius 2 is 1.10 bits per heavy atom. The van der Waals surface area contributed by atoms with Crippen molar-refractivity contribution in [2.45, 2.75) is 70.3 Å². The van der Waals surface area contributed by atoms with Crippen LogP contribution in [0.5, 0.6) is 5.75 Å². The van der Waals surface area contributed by atoms with Crippen molar-refractivity contribution in [3.8, 4) is 55.9 Å². The van der Waals surface area contributed by atoms with Gasteiger partial charge >= 0.3 is 0 Å². The summed E-state index contributed by atoms with van der Waals surface area (Å²) >= 11 is 0. The van der Waals surface area contributed by atoms with Gasteiger partial charge in [0.2, 0.25) is 0 Å². The van der Waals surface area contributed by atoms with Crippen LogP contribution in [0, 0.1) is 0 Å². The van der Waals surface area contributed by atoms with Gasteiger partial charge in [-0.1, -0.05) is 175 Å². The Labute approximate surface area is 460 Å². The van der Waals surface area contributed by atoms with Crippen LogP contribution in [0.3, 0.4) is 0 Å². The highest BCUT2D eigenvalue weighted by Gasteiger charge is 2.49. The van der Waals surface area contributed by atoms with Crippen LogP contribution >= 0.6 is 0 Å². The lowest BCUT2D eigenvalue weighted by Crippen LogP contribution is -2.24. The molecule has 4 aliphatic carbocycles. The monoisotopic (exact) mass is 1020 g/mol. The lowest BCUT2D eigenvalue weighted by atomic mass is 9.72. The molecule has 0 saturated heterocycles. The van der Waals surface area contributed by atoms with Crippen molar-refractivity contribution >= 4 is 66.4 Å². The van der Waals surface area contributed by atoms with E-state index in [9.17, 15) is 0 Å². The third-order valence-corrected chi connectivity index (χ3v) is 19.0. The number of ether oxygens (including phenoxy) is 1. The van der Waals surface area contributed by atoms with E-state index in [1.807, 2.05) is 0 Å². The molecule has 3 heterocycles. The Kier molecular flexibility index (Phi) is 8.85. The zero-order valence-electron chi connectivity index (χ0n) is 45.2. The van der Waals surface area contributed by atoms with E-state index in [-0.39, 0.29) is 22.3 Å². The molecule has 10 aromatic carbocycles. The first-order chi connectivity index (χ1) is 38.5. The molecule has 0 fully saturated rings. The van der Waals surface area contributed by atoms with E-state index in [2.05, 4.69) is 263 Å². The first kappa shape index (κ1) is 45.0. The molecule has 4 nitrogen and oxygen atoms in total. The SMILES string of the molecule is CC1(C)c2cc(N(c3ccccc3)c3ccc4c(c3)C(C)(C)c3c5c(c6oc7ccccc7c6c3-4)-c3ccccc3C5(C)C)ccc2-c2c1cc(-c1ccc3c(c1)c1ccccc1n3-c1ccccc1)c1c2C2=CC=CCC2O1. The summed E-state index contributed by atoms with van der Waals surface area (Å²) in [5, 5.41) is 4.86. The lowest BCUT2D eigenvalue weighted by molar-refractivity contribution is 0.280. The fourth-order valence-corrected chi connectivity index (χ4v) is 15.4. The lowest BCUT2D eigenvalue weighted by Gasteiger charge is -2.32. The Morgan fingerprint density at radius 1 is 0.468 bits per heavy atom. The summed E-state index contributed by atoms with van der Waals surface area (Å²) in [4.78, 5) is 2.48. The summed E-state index contributed by atoms with van der Waals surface area (Å²) in [6.07, 6.45) is 7.59. The van der Waals surface area contributed by atoms with Crippen molar-refractivity contribution in [1.82, 2.24) is 4.57 Å². The van der Waals surface area contributed by atoms with Crippen LogP contribution in [0.1, 0.15) is 86.9 Å². The van der Waals surface area contributed by atoms with Crippen molar-refractivity contribution in [2.24, 2.45) is 0 Å². The second-order valence-electron chi connectivity index (χ2n) is 24.2. The minimum atomic E-state index is -0.339. The van der Waals surface area contributed by atoms with E-state index < -0.39 is 0 Å². The highest BCUT2D eigenvalue weighted by atomic mass is 16.5. The van der Waals surface area contributed by atoms with E-state index in [1.165, 1.54) is 116 Å². The predicted molar refractivity (Wildman–Crippen MR) is 327 cm³/mol. The van der Waals surface area contributed by atoms with Gasteiger partial charge in [0.15, 0.2) is 0 Å². The molecule has 1 atom stereocenters. The van der Waals surface area contributed by atoms with Gasteiger partial charge in [-0.05, 0) is 146 Å².